The van der Waals surface area contributed by atoms with Crippen LogP contribution in [0.3, 0.4) is 0 Å². The molecule has 2 rings (SSSR count). The molecule has 0 bridgehead atoms. The maximum absolute atomic E-state index is 12.1. The topological polar surface area (TPSA) is 64.1 Å². The second kappa shape index (κ2) is 7.37. The molecule has 0 saturated heterocycles. The lowest BCUT2D eigenvalue weighted by atomic mass is 10.1. The van der Waals surface area contributed by atoms with Gasteiger partial charge < -0.3 is 4.74 Å². The summed E-state index contributed by atoms with van der Waals surface area (Å²) in [5.74, 6) is 0.657. The smallest absolute Gasteiger partial charge is 0.257 e. The Balaban J connectivity index is 1.97. The third kappa shape index (κ3) is 4.03. The molecule has 7 heteroatoms. The van der Waals surface area contributed by atoms with Crippen LogP contribution >= 0.6 is 23.1 Å². The number of aryl methyl sites for hydroxylation is 1. The van der Waals surface area contributed by atoms with Crippen LogP contribution in [0.25, 0.3) is 0 Å². The maximum Gasteiger partial charge on any atom is 0.257 e. The number of hydrogen-bond donors (Lipinski definition) is 1. The number of aromatic nitrogens is 2. The quantitative estimate of drug-likeness (QED) is 0.505. The van der Waals surface area contributed by atoms with Gasteiger partial charge in [0.2, 0.25) is 5.13 Å². The minimum absolute atomic E-state index is 0.160. The highest BCUT2D eigenvalue weighted by Crippen LogP contribution is 2.25. The molecule has 0 saturated carbocycles. The minimum Gasteiger partial charge on any atom is -0.384 e. The Kier molecular flexibility index (Phi) is 5.51. The highest BCUT2D eigenvalue weighted by molar-refractivity contribution is 8.01. The summed E-state index contributed by atoms with van der Waals surface area (Å²) in [6.45, 7) is 2.57. The van der Waals surface area contributed by atoms with Crippen molar-refractivity contribution in [2.24, 2.45) is 0 Å². The number of hydrogen-bond acceptors (Lipinski definition) is 6. The van der Waals surface area contributed by atoms with Crippen molar-refractivity contribution in [2.45, 2.75) is 11.3 Å². The predicted molar refractivity (Wildman–Crippen MR) is 81.6 cm³/mol. The van der Waals surface area contributed by atoms with Gasteiger partial charge in [-0.05, 0) is 18.6 Å². The zero-order chi connectivity index (χ0) is 14.4. The number of nitrogens with zero attached hydrogens (tertiary/aromatic N) is 2. The number of nitrogens with one attached hydrogen (secondary N) is 1. The zero-order valence-electron chi connectivity index (χ0n) is 11.3. The van der Waals surface area contributed by atoms with Crippen LogP contribution in [0.4, 0.5) is 5.13 Å². The molecule has 1 N–H and O–H groups in total. The normalized spacial score (nSPS) is 10.5. The highest BCUT2D eigenvalue weighted by atomic mass is 32.2. The molecule has 5 nitrogen and oxygen atoms in total. The molecular formula is C13H15N3O2S2. The zero-order valence-corrected chi connectivity index (χ0v) is 12.9. The van der Waals surface area contributed by atoms with Crippen LogP contribution in [0, 0.1) is 6.92 Å². The number of carbonyl (C=O) groups is 1. The number of thioether (sulfide) groups is 1. The van der Waals surface area contributed by atoms with Gasteiger partial charge in [-0.25, -0.2) is 0 Å². The van der Waals surface area contributed by atoms with Gasteiger partial charge in [0.15, 0.2) is 4.34 Å². The standard InChI is InChI=1S/C13H15N3O2S2/c1-9-5-3-4-6-10(9)11(17)14-12-15-16-13(20-12)19-8-7-18-2/h3-6H,7-8H2,1-2H3,(H,14,15,17). The summed E-state index contributed by atoms with van der Waals surface area (Å²) in [5, 5.41) is 11.3. The Bertz CT molecular complexity index is 587. The summed E-state index contributed by atoms with van der Waals surface area (Å²) >= 11 is 2.93. The SMILES string of the molecule is COCCSc1nnc(NC(=O)c2ccccc2C)s1. The Morgan fingerprint density at radius 2 is 2.20 bits per heavy atom. The molecule has 1 amide bonds. The van der Waals surface area contributed by atoms with E-state index in [0.29, 0.717) is 17.3 Å². The largest absolute Gasteiger partial charge is 0.384 e. The van der Waals surface area contributed by atoms with Crippen molar-refractivity contribution in [1.82, 2.24) is 10.2 Å². The molecule has 1 aromatic heterocycles. The summed E-state index contributed by atoms with van der Waals surface area (Å²) in [5.41, 5.74) is 1.58. The highest BCUT2D eigenvalue weighted by Gasteiger charge is 2.11. The van der Waals surface area contributed by atoms with Crippen molar-refractivity contribution >= 4 is 34.1 Å². The summed E-state index contributed by atoms with van der Waals surface area (Å²) in [4.78, 5) is 12.1. The van der Waals surface area contributed by atoms with Crippen molar-refractivity contribution in [3.05, 3.63) is 35.4 Å². The van der Waals surface area contributed by atoms with Gasteiger partial charge >= 0.3 is 0 Å². The fourth-order valence-electron chi connectivity index (χ4n) is 1.52. The molecule has 106 valence electrons. The molecule has 0 aliphatic carbocycles. The Hall–Kier alpha value is -1.44. The second-order valence-electron chi connectivity index (χ2n) is 3.98. The first-order valence-electron chi connectivity index (χ1n) is 6.03. The molecule has 1 aromatic carbocycles. The van der Waals surface area contributed by atoms with Gasteiger partial charge in [-0.1, -0.05) is 41.3 Å². The van der Waals surface area contributed by atoms with Crippen molar-refractivity contribution < 1.29 is 9.53 Å². The number of amides is 1. The third-order valence-electron chi connectivity index (χ3n) is 2.53. The van der Waals surface area contributed by atoms with Crippen LogP contribution in [-0.2, 0) is 4.74 Å². The Morgan fingerprint density at radius 1 is 1.40 bits per heavy atom. The van der Waals surface area contributed by atoms with Crippen LogP contribution in [0.15, 0.2) is 28.6 Å². The number of benzene rings is 1. The Labute approximate surface area is 125 Å². The van der Waals surface area contributed by atoms with Gasteiger partial charge in [-0.15, -0.1) is 10.2 Å². The van der Waals surface area contributed by atoms with Crippen LogP contribution in [0.2, 0.25) is 0 Å². The fourth-order valence-corrected chi connectivity index (χ4v) is 3.24. The number of anilines is 1. The summed E-state index contributed by atoms with van der Waals surface area (Å²) < 4.78 is 5.79. The summed E-state index contributed by atoms with van der Waals surface area (Å²) in [6, 6.07) is 7.44. The van der Waals surface area contributed by atoms with Gasteiger partial charge in [-0.2, -0.15) is 0 Å². The second-order valence-corrected chi connectivity index (χ2v) is 6.30. The third-order valence-corrected chi connectivity index (χ3v) is 4.47. The first-order valence-corrected chi connectivity index (χ1v) is 7.83. The predicted octanol–water partition coefficient (Wildman–Crippen LogP) is 2.84. The van der Waals surface area contributed by atoms with Crippen molar-refractivity contribution in [3.8, 4) is 0 Å². The molecule has 0 aliphatic rings. The number of methoxy groups -OCH3 is 1. The molecule has 1 heterocycles. The first-order chi connectivity index (χ1) is 9.70. The van der Waals surface area contributed by atoms with Crippen LogP contribution in [0.1, 0.15) is 15.9 Å². The summed E-state index contributed by atoms with van der Waals surface area (Å²) in [7, 11) is 1.66. The van der Waals surface area contributed by atoms with E-state index in [1.807, 2.05) is 25.1 Å². The van der Waals surface area contributed by atoms with Gasteiger partial charge in [-0.3, -0.25) is 10.1 Å². The monoisotopic (exact) mass is 309 g/mol. The van der Waals surface area contributed by atoms with Crippen LogP contribution < -0.4 is 5.32 Å². The molecule has 0 unspecified atom stereocenters. The molecule has 0 radical (unpaired) electrons. The van der Waals surface area contributed by atoms with E-state index in [0.717, 1.165) is 15.7 Å². The van der Waals surface area contributed by atoms with E-state index in [2.05, 4.69) is 15.5 Å². The maximum atomic E-state index is 12.1. The van der Waals surface area contributed by atoms with E-state index in [1.54, 1.807) is 24.9 Å². The molecular weight excluding hydrogens is 294 g/mol. The average Bonchev–Trinajstić information content (AvgIpc) is 2.87. The van der Waals surface area contributed by atoms with E-state index in [9.17, 15) is 4.79 Å². The fraction of sp³-hybridized carbons (Fsp3) is 0.308. The minimum atomic E-state index is -0.160. The van der Waals surface area contributed by atoms with Crippen molar-refractivity contribution in [3.63, 3.8) is 0 Å². The van der Waals surface area contributed by atoms with E-state index in [4.69, 9.17) is 4.74 Å². The van der Waals surface area contributed by atoms with E-state index in [1.165, 1.54) is 11.3 Å². The van der Waals surface area contributed by atoms with Crippen molar-refractivity contribution in [2.75, 3.05) is 24.8 Å². The van der Waals surface area contributed by atoms with E-state index < -0.39 is 0 Å². The molecule has 20 heavy (non-hydrogen) atoms. The van der Waals surface area contributed by atoms with Gasteiger partial charge in [0.1, 0.15) is 0 Å². The Morgan fingerprint density at radius 3 is 2.95 bits per heavy atom. The van der Waals surface area contributed by atoms with Gasteiger partial charge in [0, 0.05) is 18.4 Å². The lowest BCUT2D eigenvalue weighted by Gasteiger charge is -2.03. The van der Waals surface area contributed by atoms with Crippen LogP contribution in [-0.4, -0.2) is 35.6 Å². The average molecular weight is 309 g/mol. The van der Waals surface area contributed by atoms with Gasteiger partial charge in [0.05, 0.1) is 6.61 Å². The molecule has 0 atom stereocenters. The molecule has 2 aromatic rings. The summed E-state index contributed by atoms with van der Waals surface area (Å²) in [6.07, 6.45) is 0. The van der Waals surface area contributed by atoms with Crippen molar-refractivity contribution in [1.29, 1.82) is 0 Å². The van der Waals surface area contributed by atoms with E-state index in [-0.39, 0.29) is 5.91 Å². The number of ether oxygens (including phenoxy) is 1. The van der Waals surface area contributed by atoms with Crippen LogP contribution in [0.5, 0.6) is 0 Å². The van der Waals surface area contributed by atoms with Gasteiger partial charge in [0.25, 0.3) is 5.91 Å². The lowest BCUT2D eigenvalue weighted by molar-refractivity contribution is 0.102. The number of rotatable bonds is 6. The number of carbonyl (C=O) groups excluding carboxylic acids is 1. The molecule has 0 aliphatic heterocycles. The first kappa shape index (κ1) is 15.0. The molecule has 0 fully saturated rings. The molecule has 0 spiro atoms. The lowest BCUT2D eigenvalue weighted by Crippen LogP contribution is -2.12. The van der Waals surface area contributed by atoms with E-state index >= 15 is 0 Å².